The molecule has 0 saturated carbocycles. The lowest BCUT2D eigenvalue weighted by molar-refractivity contribution is -0.137. The van der Waals surface area contributed by atoms with Crippen LogP contribution in [0.25, 0.3) is 33.0 Å². The number of rotatable bonds is 3. The van der Waals surface area contributed by atoms with Gasteiger partial charge in [0.25, 0.3) is 0 Å². The average molecular weight is 485 g/mol. The van der Waals surface area contributed by atoms with Crippen molar-refractivity contribution >= 4 is 46.1 Å². The Morgan fingerprint density at radius 3 is 2.00 bits per heavy atom. The first-order valence-corrected chi connectivity index (χ1v) is 10.6. The largest absolute Gasteiger partial charge is 0.416 e. The number of alkyl halides is 3. The molecule has 3 aromatic carbocycles. The summed E-state index contributed by atoms with van der Waals surface area (Å²) < 4.78 is 38.5. The van der Waals surface area contributed by atoms with E-state index in [0.717, 1.165) is 39.5 Å². The standard InChI is InChI=1S/C22H11Cl3F3NS/c23-17-8-5-14(9-19(17)25)20-11-30-21(29-20)13-3-1-12(2-4-13)16-7-6-15(10-18(16)24)22(26,27)28/h1-11H. The Balaban J connectivity index is 1.60. The molecule has 0 amide bonds. The van der Waals surface area contributed by atoms with Crippen LogP contribution in [-0.4, -0.2) is 4.98 Å². The Morgan fingerprint density at radius 1 is 0.700 bits per heavy atom. The number of benzene rings is 3. The van der Waals surface area contributed by atoms with E-state index < -0.39 is 11.7 Å². The molecule has 4 aromatic rings. The summed E-state index contributed by atoms with van der Waals surface area (Å²) in [4.78, 5) is 4.65. The van der Waals surface area contributed by atoms with E-state index in [4.69, 9.17) is 34.8 Å². The van der Waals surface area contributed by atoms with Crippen molar-refractivity contribution in [2.45, 2.75) is 6.18 Å². The van der Waals surface area contributed by atoms with E-state index in [0.29, 0.717) is 15.6 Å². The summed E-state index contributed by atoms with van der Waals surface area (Å²) in [6, 6.07) is 16.0. The van der Waals surface area contributed by atoms with Crippen molar-refractivity contribution in [2.75, 3.05) is 0 Å². The number of aromatic nitrogens is 1. The molecular formula is C22H11Cl3F3NS. The van der Waals surface area contributed by atoms with Gasteiger partial charge in [0.05, 0.1) is 21.3 Å². The van der Waals surface area contributed by atoms with Gasteiger partial charge in [0.2, 0.25) is 0 Å². The summed E-state index contributed by atoms with van der Waals surface area (Å²) in [5.41, 5.74) is 3.01. The highest BCUT2D eigenvalue weighted by Gasteiger charge is 2.30. The molecule has 8 heteroatoms. The zero-order chi connectivity index (χ0) is 21.5. The lowest BCUT2D eigenvalue weighted by Crippen LogP contribution is -2.04. The fourth-order valence-corrected chi connectivity index (χ4v) is 4.34. The highest BCUT2D eigenvalue weighted by molar-refractivity contribution is 7.13. The van der Waals surface area contributed by atoms with Crippen molar-refractivity contribution in [3.63, 3.8) is 0 Å². The van der Waals surface area contributed by atoms with Gasteiger partial charge in [0, 0.05) is 27.1 Å². The third-order valence-corrected chi connectivity index (χ3v) is 6.40. The Bertz CT molecular complexity index is 1220. The van der Waals surface area contributed by atoms with E-state index in [1.807, 2.05) is 35.7 Å². The smallest absolute Gasteiger partial charge is 0.236 e. The van der Waals surface area contributed by atoms with Crippen LogP contribution in [0.1, 0.15) is 5.56 Å². The molecule has 0 aliphatic rings. The first kappa shape index (κ1) is 21.2. The van der Waals surface area contributed by atoms with Crippen molar-refractivity contribution in [1.29, 1.82) is 0 Å². The molecule has 4 rings (SSSR count). The molecule has 0 saturated heterocycles. The summed E-state index contributed by atoms with van der Waals surface area (Å²) in [6.07, 6.45) is -4.43. The number of nitrogens with zero attached hydrogens (tertiary/aromatic N) is 1. The zero-order valence-corrected chi connectivity index (χ0v) is 18.1. The van der Waals surface area contributed by atoms with E-state index in [9.17, 15) is 13.2 Å². The molecule has 1 heterocycles. The Hall–Kier alpha value is -2.05. The van der Waals surface area contributed by atoms with Crippen LogP contribution >= 0.6 is 46.1 Å². The monoisotopic (exact) mass is 483 g/mol. The van der Waals surface area contributed by atoms with Gasteiger partial charge in [-0.3, -0.25) is 0 Å². The highest BCUT2D eigenvalue weighted by Crippen LogP contribution is 2.37. The lowest BCUT2D eigenvalue weighted by Gasteiger charge is -2.10. The molecule has 1 nitrogen and oxygen atoms in total. The Kier molecular flexibility index (Phi) is 5.82. The third-order valence-electron chi connectivity index (χ3n) is 4.46. The predicted octanol–water partition coefficient (Wildman–Crippen LogP) is 9.12. The van der Waals surface area contributed by atoms with E-state index >= 15 is 0 Å². The summed E-state index contributed by atoms with van der Waals surface area (Å²) in [7, 11) is 0. The minimum atomic E-state index is -4.43. The summed E-state index contributed by atoms with van der Waals surface area (Å²) in [5, 5.41) is 3.72. The molecule has 0 bridgehead atoms. The van der Waals surface area contributed by atoms with Gasteiger partial charge in [0.1, 0.15) is 5.01 Å². The number of hydrogen-bond acceptors (Lipinski definition) is 2. The maximum Gasteiger partial charge on any atom is 0.416 e. The summed E-state index contributed by atoms with van der Waals surface area (Å²) >= 11 is 19.6. The van der Waals surface area contributed by atoms with Crippen molar-refractivity contribution in [1.82, 2.24) is 4.98 Å². The Morgan fingerprint density at radius 2 is 1.37 bits per heavy atom. The van der Waals surface area contributed by atoms with Crippen LogP contribution in [0, 0.1) is 0 Å². The SMILES string of the molecule is FC(F)(F)c1ccc(-c2ccc(-c3nc(-c4ccc(Cl)c(Cl)c4)cs3)cc2)c(Cl)c1. The fraction of sp³-hybridized carbons (Fsp3) is 0.0455. The van der Waals surface area contributed by atoms with E-state index in [-0.39, 0.29) is 5.02 Å². The minimum absolute atomic E-state index is 0.0497. The van der Waals surface area contributed by atoms with Crippen LogP contribution in [0.4, 0.5) is 13.2 Å². The first-order chi connectivity index (χ1) is 14.2. The highest BCUT2D eigenvalue weighted by atomic mass is 35.5. The number of hydrogen-bond donors (Lipinski definition) is 0. The number of halogens is 6. The van der Waals surface area contributed by atoms with E-state index in [1.165, 1.54) is 17.4 Å². The van der Waals surface area contributed by atoms with Gasteiger partial charge in [-0.05, 0) is 29.8 Å². The van der Waals surface area contributed by atoms with E-state index in [2.05, 4.69) is 4.98 Å². The maximum atomic E-state index is 12.8. The Labute approximate surface area is 189 Å². The molecule has 0 atom stereocenters. The quantitative estimate of drug-likeness (QED) is 0.282. The van der Waals surface area contributed by atoms with Gasteiger partial charge in [0.15, 0.2) is 0 Å². The van der Waals surface area contributed by atoms with Gasteiger partial charge in [-0.25, -0.2) is 4.98 Å². The molecular weight excluding hydrogens is 474 g/mol. The second-order valence-corrected chi connectivity index (χ2v) is 8.52. The molecule has 152 valence electrons. The fourth-order valence-electron chi connectivity index (χ4n) is 2.91. The van der Waals surface area contributed by atoms with Crippen LogP contribution < -0.4 is 0 Å². The minimum Gasteiger partial charge on any atom is -0.236 e. The zero-order valence-electron chi connectivity index (χ0n) is 15.0. The molecule has 0 radical (unpaired) electrons. The third kappa shape index (κ3) is 4.35. The predicted molar refractivity (Wildman–Crippen MR) is 118 cm³/mol. The van der Waals surface area contributed by atoms with Crippen molar-refractivity contribution in [3.05, 3.63) is 86.7 Å². The van der Waals surface area contributed by atoms with Crippen LogP contribution in [0.2, 0.25) is 15.1 Å². The number of thiazole rings is 1. The van der Waals surface area contributed by atoms with Gasteiger partial charge in [-0.15, -0.1) is 11.3 Å². The summed E-state index contributed by atoms with van der Waals surface area (Å²) in [6.45, 7) is 0. The second-order valence-electron chi connectivity index (χ2n) is 6.44. The second kappa shape index (κ2) is 8.23. The van der Waals surface area contributed by atoms with Gasteiger partial charge in [-0.1, -0.05) is 71.2 Å². The van der Waals surface area contributed by atoms with Crippen molar-refractivity contribution < 1.29 is 13.2 Å². The van der Waals surface area contributed by atoms with Crippen LogP contribution in [-0.2, 0) is 6.18 Å². The maximum absolute atomic E-state index is 12.8. The molecule has 1 aromatic heterocycles. The molecule has 0 aliphatic heterocycles. The molecule has 0 spiro atoms. The lowest BCUT2D eigenvalue weighted by atomic mass is 10.0. The van der Waals surface area contributed by atoms with Crippen LogP contribution in [0.3, 0.4) is 0 Å². The topological polar surface area (TPSA) is 12.9 Å². The molecule has 30 heavy (non-hydrogen) atoms. The first-order valence-electron chi connectivity index (χ1n) is 8.61. The average Bonchev–Trinajstić information content (AvgIpc) is 3.20. The summed E-state index contributed by atoms with van der Waals surface area (Å²) in [5.74, 6) is 0. The van der Waals surface area contributed by atoms with Gasteiger partial charge in [-0.2, -0.15) is 13.2 Å². The van der Waals surface area contributed by atoms with Crippen molar-refractivity contribution in [2.24, 2.45) is 0 Å². The van der Waals surface area contributed by atoms with Crippen LogP contribution in [0.5, 0.6) is 0 Å². The van der Waals surface area contributed by atoms with E-state index in [1.54, 1.807) is 12.1 Å². The van der Waals surface area contributed by atoms with Crippen molar-refractivity contribution in [3.8, 4) is 33.0 Å². The van der Waals surface area contributed by atoms with Crippen LogP contribution in [0.15, 0.2) is 66.0 Å². The molecule has 0 fully saturated rings. The molecule has 0 aliphatic carbocycles. The van der Waals surface area contributed by atoms with Gasteiger partial charge < -0.3 is 0 Å². The molecule has 0 N–H and O–H groups in total. The van der Waals surface area contributed by atoms with Gasteiger partial charge >= 0.3 is 6.18 Å². The normalized spacial score (nSPS) is 11.7. The molecule has 0 unspecified atom stereocenters.